The Labute approximate surface area is 74.8 Å². The van der Waals surface area contributed by atoms with Gasteiger partial charge in [0.25, 0.3) is 0 Å². The molecule has 0 radical (unpaired) electrons. The first-order valence-electron chi connectivity index (χ1n) is 4.31. The van der Waals surface area contributed by atoms with E-state index in [1.165, 1.54) is 0 Å². The Morgan fingerprint density at radius 3 is 3.15 bits per heavy atom. The molecule has 1 atom stereocenters. The van der Waals surface area contributed by atoms with E-state index in [-0.39, 0.29) is 11.9 Å². The Balaban J connectivity index is 2.45. The lowest BCUT2D eigenvalue weighted by Gasteiger charge is -1.93. The smallest absolute Gasteiger partial charge is 0.250 e. The first-order chi connectivity index (χ1) is 6.36. The molecule has 0 aromatic heterocycles. The third-order valence-electron chi connectivity index (χ3n) is 2.52. The molecule has 3 rings (SSSR count). The summed E-state index contributed by atoms with van der Waals surface area (Å²) in [6, 6.07) is 7.86. The van der Waals surface area contributed by atoms with Crippen LogP contribution in [0.15, 0.2) is 29.3 Å². The minimum Gasteiger partial charge on any atom is -0.350 e. The first-order valence-corrected chi connectivity index (χ1v) is 4.31. The average molecular weight is 172 g/mol. The molecule has 1 unspecified atom stereocenters. The summed E-state index contributed by atoms with van der Waals surface area (Å²) in [4.78, 5) is 15.9. The van der Waals surface area contributed by atoms with Crippen molar-refractivity contribution in [2.45, 2.75) is 6.04 Å². The maximum Gasteiger partial charge on any atom is 0.250 e. The fraction of sp³-hybridized carbons (Fsp3) is 0.200. The second-order valence-electron chi connectivity index (χ2n) is 3.29. The molecule has 0 bridgehead atoms. The van der Waals surface area contributed by atoms with E-state index >= 15 is 0 Å². The highest BCUT2D eigenvalue weighted by Gasteiger charge is 2.31. The summed E-state index contributed by atoms with van der Waals surface area (Å²) in [5.41, 5.74) is 0.843. The van der Waals surface area contributed by atoms with Crippen molar-refractivity contribution in [1.29, 1.82) is 0 Å². The molecule has 1 saturated heterocycles. The minimum atomic E-state index is 0.0405. The predicted octanol–water partition coefficient (Wildman–Crippen LogP) is -1.03. The Kier molecular flexibility index (Phi) is 1.15. The zero-order chi connectivity index (χ0) is 8.84. The van der Waals surface area contributed by atoms with Gasteiger partial charge in [-0.1, -0.05) is 18.2 Å². The van der Waals surface area contributed by atoms with Crippen molar-refractivity contribution in [1.82, 2.24) is 5.32 Å². The van der Waals surface area contributed by atoms with Crippen LogP contribution >= 0.6 is 0 Å². The summed E-state index contributed by atoms with van der Waals surface area (Å²) in [5, 5.41) is 4.75. The third kappa shape index (κ3) is 0.786. The molecule has 2 heterocycles. The third-order valence-corrected chi connectivity index (χ3v) is 2.52. The summed E-state index contributed by atoms with van der Waals surface area (Å²) in [6.45, 7) is 0.656. The molecule has 1 fully saturated rings. The van der Waals surface area contributed by atoms with Gasteiger partial charge in [0.05, 0.1) is 17.0 Å². The van der Waals surface area contributed by atoms with Crippen LogP contribution in [0.25, 0.3) is 5.57 Å². The van der Waals surface area contributed by atoms with Gasteiger partial charge in [0.1, 0.15) is 0 Å². The Bertz CT molecular complexity index is 504. The van der Waals surface area contributed by atoms with E-state index in [1.54, 1.807) is 0 Å². The van der Waals surface area contributed by atoms with Gasteiger partial charge in [-0.15, -0.1) is 0 Å². The highest BCUT2D eigenvalue weighted by molar-refractivity contribution is 6.17. The zero-order valence-corrected chi connectivity index (χ0v) is 6.95. The molecular formula is C10H8N2O. The van der Waals surface area contributed by atoms with Crippen molar-refractivity contribution >= 4 is 11.5 Å². The van der Waals surface area contributed by atoms with Gasteiger partial charge in [-0.3, -0.25) is 9.79 Å². The number of nitrogens with zero attached hydrogens (tertiary/aromatic N) is 1. The van der Waals surface area contributed by atoms with Crippen LogP contribution in [0.5, 0.6) is 0 Å². The second-order valence-corrected chi connectivity index (χ2v) is 3.29. The van der Waals surface area contributed by atoms with E-state index in [1.807, 2.05) is 24.3 Å². The number of fused-ring (bicyclic) bond motifs is 2. The lowest BCUT2D eigenvalue weighted by molar-refractivity contribution is -0.114. The molecule has 1 amide bonds. The number of carbonyl (C=O) groups excluding carboxylic acids is 1. The van der Waals surface area contributed by atoms with Gasteiger partial charge >= 0.3 is 0 Å². The Morgan fingerprint density at radius 2 is 2.23 bits per heavy atom. The van der Waals surface area contributed by atoms with Gasteiger partial charge in [0, 0.05) is 11.8 Å². The van der Waals surface area contributed by atoms with E-state index in [0.717, 1.165) is 16.1 Å². The van der Waals surface area contributed by atoms with Crippen LogP contribution < -0.4 is 15.9 Å². The molecule has 64 valence electrons. The maximum atomic E-state index is 11.4. The van der Waals surface area contributed by atoms with Crippen molar-refractivity contribution in [2.75, 3.05) is 6.54 Å². The van der Waals surface area contributed by atoms with Crippen LogP contribution in [0, 0.1) is 0 Å². The molecule has 1 N–H and O–H groups in total. The number of hydrogen-bond acceptors (Lipinski definition) is 2. The van der Waals surface area contributed by atoms with Crippen molar-refractivity contribution in [3.63, 3.8) is 0 Å². The van der Waals surface area contributed by atoms with Crippen molar-refractivity contribution in [2.24, 2.45) is 4.99 Å². The molecule has 13 heavy (non-hydrogen) atoms. The Morgan fingerprint density at radius 1 is 1.38 bits per heavy atom. The van der Waals surface area contributed by atoms with Crippen LogP contribution in [0.2, 0.25) is 0 Å². The summed E-state index contributed by atoms with van der Waals surface area (Å²) in [5.74, 6) is 0.0405. The highest BCUT2D eigenvalue weighted by atomic mass is 16.2. The molecule has 1 aromatic rings. The number of benzene rings is 1. The molecule has 0 spiro atoms. The maximum absolute atomic E-state index is 11.4. The number of rotatable bonds is 0. The fourth-order valence-electron chi connectivity index (χ4n) is 1.93. The summed E-state index contributed by atoms with van der Waals surface area (Å²) in [7, 11) is 0. The predicted molar refractivity (Wildman–Crippen MR) is 47.4 cm³/mol. The molecule has 3 nitrogen and oxygen atoms in total. The Hall–Kier alpha value is -1.64. The number of nitrogens with one attached hydrogen (secondary N) is 1. The quantitative estimate of drug-likeness (QED) is 0.534. The van der Waals surface area contributed by atoms with E-state index in [4.69, 9.17) is 0 Å². The fourth-order valence-corrected chi connectivity index (χ4v) is 1.93. The summed E-state index contributed by atoms with van der Waals surface area (Å²) >= 11 is 0. The van der Waals surface area contributed by atoms with Gasteiger partial charge in [0.15, 0.2) is 0 Å². The molecule has 0 saturated carbocycles. The number of para-hydroxylation sites is 1. The largest absolute Gasteiger partial charge is 0.350 e. The standard InChI is InChI=1S/C10H8N2O/c13-10-9-6-3-1-2-4-7(6)12-8(9)5-11-10/h1-4,8H,5H2,(H,11,13). The van der Waals surface area contributed by atoms with E-state index < -0.39 is 0 Å². The average Bonchev–Trinajstić information content (AvgIpc) is 2.66. The van der Waals surface area contributed by atoms with Crippen molar-refractivity contribution < 1.29 is 4.79 Å². The topological polar surface area (TPSA) is 41.5 Å². The summed E-state index contributed by atoms with van der Waals surface area (Å²) in [6.07, 6.45) is 0. The lowest BCUT2D eigenvalue weighted by Crippen LogP contribution is -2.26. The minimum absolute atomic E-state index is 0.0405. The van der Waals surface area contributed by atoms with E-state index in [0.29, 0.717) is 6.54 Å². The van der Waals surface area contributed by atoms with Crippen LogP contribution in [0.4, 0.5) is 0 Å². The van der Waals surface area contributed by atoms with Crippen LogP contribution in [-0.4, -0.2) is 18.5 Å². The van der Waals surface area contributed by atoms with E-state index in [9.17, 15) is 4.79 Å². The van der Waals surface area contributed by atoms with Crippen molar-refractivity contribution in [3.05, 3.63) is 34.8 Å². The normalized spacial score (nSPS) is 23.5. The number of carbonyl (C=O) groups is 1. The van der Waals surface area contributed by atoms with Gasteiger partial charge in [0.2, 0.25) is 5.91 Å². The molecule has 1 aromatic carbocycles. The molecule has 2 aliphatic rings. The van der Waals surface area contributed by atoms with Crippen LogP contribution in [0.3, 0.4) is 0 Å². The molecule has 0 aliphatic carbocycles. The van der Waals surface area contributed by atoms with Gasteiger partial charge in [-0.25, -0.2) is 0 Å². The molecular weight excluding hydrogens is 164 g/mol. The van der Waals surface area contributed by atoms with Gasteiger partial charge in [-0.2, -0.15) is 0 Å². The van der Waals surface area contributed by atoms with Crippen LogP contribution in [-0.2, 0) is 4.79 Å². The van der Waals surface area contributed by atoms with Crippen molar-refractivity contribution in [3.8, 4) is 0 Å². The van der Waals surface area contributed by atoms with Crippen LogP contribution in [0.1, 0.15) is 0 Å². The SMILES string of the molecule is O=C1NCC2N=c3ccccc3=C12. The monoisotopic (exact) mass is 172 g/mol. The van der Waals surface area contributed by atoms with E-state index in [2.05, 4.69) is 10.3 Å². The molecule has 2 aliphatic heterocycles. The second kappa shape index (κ2) is 2.19. The molecule has 3 heteroatoms. The van der Waals surface area contributed by atoms with Gasteiger partial charge < -0.3 is 5.32 Å². The zero-order valence-electron chi connectivity index (χ0n) is 6.95. The number of amides is 1. The lowest BCUT2D eigenvalue weighted by atomic mass is 10.1. The first kappa shape index (κ1) is 6.83. The number of hydrogen-bond donors (Lipinski definition) is 1. The highest BCUT2D eigenvalue weighted by Crippen LogP contribution is 2.13. The van der Waals surface area contributed by atoms with Gasteiger partial charge in [-0.05, 0) is 6.07 Å². The summed E-state index contributed by atoms with van der Waals surface area (Å²) < 4.78 is 0.